The van der Waals surface area contributed by atoms with Crippen molar-refractivity contribution in [1.29, 1.82) is 0 Å². The van der Waals surface area contributed by atoms with Crippen LogP contribution in [0, 0.1) is 0 Å². The predicted octanol–water partition coefficient (Wildman–Crippen LogP) is 4.99. The van der Waals surface area contributed by atoms with Crippen molar-refractivity contribution in [2.24, 2.45) is 0 Å². The van der Waals surface area contributed by atoms with Crippen LogP contribution in [0.1, 0.15) is 37.0 Å². The van der Waals surface area contributed by atoms with Crippen LogP contribution in [-0.4, -0.2) is 41.3 Å². The number of likely N-dealkylation sites (tertiary alicyclic amines) is 1. The third kappa shape index (κ3) is 5.80. The summed E-state index contributed by atoms with van der Waals surface area (Å²) in [6, 6.07) is 14.1. The molecule has 1 aliphatic rings. The summed E-state index contributed by atoms with van der Waals surface area (Å²) < 4.78 is 0. The summed E-state index contributed by atoms with van der Waals surface area (Å²) in [5, 5.41) is 5.88. The number of carbonyl (C=O) groups excluding carboxylic acids is 2. The molecule has 31 heavy (non-hydrogen) atoms. The van der Waals surface area contributed by atoms with E-state index >= 15 is 0 Å². The molecule has 0 aliphatic carbocycles. The number of aromatic nitrogens is 1. The number of hydrogen-bond donors (Lipinski definition) is 1. The molecule has 2 aromatic heterocycles. The highest BCUT2D eigenvalue weighted by molar-refractivity contribution is 7.17. The lowest BCUT2D eigenvalue weighted by molar-refractivity contribution is -0.131. The van der Waals surface area contributed by atoms with Gasteiger partial charge in [0.2, 0.25) is 11.8 Å². The topological polar surface area (TPSA) is 62.3 Å². The van der Waals surface area contributed by atoms with Gasteiger partial charge in [0.25, 0.3) is 0 Å². The molecule has 0 unspecified atom stereocenters. The largest absolute Gasteiger partial charge is 0.355 e. The predicted molar refractivity (Wildman–Crippen MR) is 127 cm³/mol. The Bertz CT molecular complexity index is 991. The van der Waals surface area contributed by atoms with Gasteiger partial charge in [-0.15, -0.1) is 22.7 Å². The Morgan fingerprint density at radius 1 is 1.00 bits per heavy atom. The normalized spacial score (nSPS) is 14.3. The first-order chi connectivity index (χ1) is 15.2. The number of nitrogens with zero attached hydrogens (tertiary/aromatic N) is 2. The van der Waals surface area contributed by atoms with Crippen LogP contribution in [-0.2, 0) is 16.0 Å². The first-order valence-electron chi connectivity index (χ1n) is 10.8. The molecule has 0 radical (unpaired) electrons. The van der Waals surface area contributed by atoms with E-state index in [2.05, 4.69) is 5.32 Å². The van der Waals surface area contributed by atoms with E-state index in [-0.39, 0.29) is 18.2 Å². The average Bonchev–Trinajstić information content (AvgIpc) is 3.37. The van der Waals surface area contributed by atoms with Gasteiger partial charge in [0, 0.05) is 36.5 Å². The maximum atomic E-state index is 12.6. The Labute approximate surface area is 191 Å². The molecule has 1 saturated heterocycles. The summed E-state index contributed by atoms with van der Waals surface area (Å²) in [7, 11) is 0. The van der Waals surface area contributed by atoms with Crippen molar-refractivity contribution >= 4 is 34.5 Å². The fraction of sp³-hybridized carbons (Fsp3) is 0.375. The molecule has 1 aliphatic heterocycles. The Hall–Kier alpha value is -2.51. The molecule has 0 bridgehead atoms. The number of amides is 2. The highest BCUT2D eigenvalue weighted by Gasteiger charge is 2.19. The van der Waals surface area contributed by atoms with E-state index in [0.29, 0.717) is 13.0 Å². The quantitative estimate of drug-likeness (QED) is 0.548. The zero-order valence-corrected chi connectivity index (χ0v) is 19.1. The molecule has 0 spiro atoms. The van der Waals surface area contributed by atoms with Gasteiger partial charge < -0.3 is 10.2 Å². The van der Waals surface area contributed by atoms with Gasteiger partial charge in [-0.2, -0.15) is 0 Å². The second kappa shape index (κ2) is 10.7. The summed E-state index contributed by atoms with van der Waals surface area (Å²) in [4.78, 5) is 33.9. The summed E-state index contributed by atoms with van der Waals surface area (Å²) in [6.45, 7) is 2.08. The fourth-order valence-corrected chi connectivity index (χ4v) is 5.66. The number of carbonyl (C=O) groups is 2. The zero-order valence-electron chi connectivity index (χ0n) is 17.5. The molecule has 5 nitrogen and oxygen atoms in total. The van der Waals surface area contributed by atoms with Gasteiger partial charge in [-0.3, -0.25) is 9.59 Å². The third-order valence-electron chi connectivity index (χ3n) is 5.41. The van der Waals surface area contributed by atoms with Crippen LogP contribution in [0.4, 0.5) is 0 Å². The lowest BCUT2D eigenvalue weighted by atomic mass is 10.2. The molecule has 0 saturated carbocycles. The Balaban J connectivity index is 1.38. The first-order valence-corrected chi connectivity index (χ1v) is 12.5. The Kier molecular flexibility index (Phi) is 7.48. The first kappa shape index (κ1) is 21.7. The van der Waals surface area contributed by atoms with E-state index in [1.165, 1.54) is 12.8 Å². The van der Waals surface area contributed by atoms with E-state index in [0.717, 1.165) is 52.0 Å². The van der Waals surface area contributed by atoms with Gasteiger partial charge in [-0.25, -0.2) is 4.98 Å². The molecule has 3 aromatic rings. The van der Waals surface area contributed by atoms with Crippen molar-refractivity contribution in [3.63, 3.8) is 0 Å². The van der Waals surface area contributed by atoms with E-state index in [4.69, 9.17) is 4.98 Å². The van der Waals surface area contributed by atoms with Crippen molar-refractivity contribution in [2.45, 2.75) is 38.5 Å². The lowest BCUT2D eigenvalue weighted by Gasteiger charge is -2.20. The van der Waals surface area contributed by atoms with E-state index in [9.17, 15) is 9.59 Å². The van der Waals surface area contributed by atoms with Gasteiger partial charge in [0.1, 0.15) is 5.01 Å². The number of nitrogens with one attached hydrogen (secondary N) is 1. The van der Waals surface area contributed by atoms with Crippen molar-refractivity contribution in [3.05, 3.63) is 52.7 Å². The molecule has 1 aromatic carbocycles. The van der Waals surface area contributed by atoms with Crippen LogP contribution in [0.2, 0.25) is 0 Å². The van der Waals surface area contributed by atoms with Crippen LogP contribution in [0.3, 0.4) is 0 Å². The van der Waals surface area contributed by atoms with Gasteiger partial charge in [0.15, 0.2) is 0 Å². The Morgan fingerprint density at radius 2 is 1.77 bits per heavy atom. The number of hydrogen-bond acceptors (Lipinski definition) is 5. The maximum Gasteiger partial charge on any atom is 0.225 e. The number of benzene rings is 1. The zero-order chi connectivity index (χ0) is 21.5. The molecule has 1 N–H and O–H groups in total. The van der Waals surface area contributed by atoms with Crippen LogP contribution in [0.25, 0.3) is 21.1 Å². The SMILES string of the molecule is O=C(Cc1sc(-c2ccccc2)nc1-c1cccs1)NCCC(=O)N1CCCCCC1. The standard InChI is InChI=1S/C24H27N3O2S2/c28-21(25-13-12-22(29)27-14-6-1-2-7-15-27)17-20-23(19-11-8-16-30-19)26-24(31-20)18-9-4-3-5-10-18/h3-5,8-11,16H,1-2,6-7,12-15,17H2,(H,25,28). The number of rotatable bonds is 7. The van der Waals surface area contributed by atoms with Crippen LogP contribution in [0.15, 0.2) is 47.8 Å². The van der Waals surface area contributed by atoms with E-state index < -0.39 is 0 Å². The molecule has 162 valence electrons. The van der Waals surface area contributed by atoms with Crippen molar-refractivity contribution in [2.75, 3.05) is 19.6 Å². The van der Waals surface area contributed by atoms with Crippen molar-refractivity contribution < 1.29 is 9.59 Å². The molecular formula is C24H27N3O2S2. The summed E-state index contributed by atoms with van der Waals surface area (Å²) in [5.74, 6) is 0.0790. The smallest absolute Gasteiger partial charge is 0.225 e. The van der Waals surface area contributed by atoms with Crippen molar-refractivity contribution in [3.8, 4) is 21.1 Å². The van der Waals surface area contributed by atoms with Gasteiger partial charge in [0.05, 0.1) is 17.0 Å². The molecule has 3 heterocycles. The molecule has 7 heteroatoms. The molecule has 2 amide bonds. The van der Waals surface area contributed by atoms with Crippen LogP contribution >= 0.6 is 22.7 Å². The fourth-order valence-electron chi connectivity index (χ4n) is 3.78. The molecule has 1 fully saturated rings. The summed E-state index contributed by atoms with van der Waals surface area (Å²) in [6.07, 6.45) is 5.20. The average molecular weight is 454 g/mol. The number of thiazole rings is 1. The highest BCUT2D eigenvalue weighted by atomic mass is 32.1. The second-order valence-corrected chi connectivity index (χ2v) is 9.74. The molecule has 4 rings (SSSR count). The second-order valence-electron chi connectivity index (χ2n) is 7.71. The van der Waals surface area contributed by atoms with Gasteiger partial charge in [-0.05, 0) is 24.3 Å². The highest BCUT2D eigenvalue weighted by Crippen LogP contribution is 2.36. The molecule has 0 atom stereocenters. The lowest BCUT2D eigenvalue weighted by Crippen LogP contribution is -2.35. The van der Waals surface area contributed by atoms with Crippen LogP contribution < -0.4 is 5.32 Å². The van der Waals surface area contributed by atoms with E-state index in [1.54, 1.807) is 22.7 Å². The minimum atomic E-state index is -0.0651. The minimum Gasteiger partial charge on any atom is -0.355 e. The maximum absolute atomic E-state index is 12.6. The summed E-state index contributed by atoms with van der Waals surface area (Å²) >= 11 is 3.19. The van der Waals surface area contributed by atoms with Gasteiger partial charge >= 0.3 is 0 Å². The monoisotopic (exact) mass is 453 g/mol. The Morgan fingerprint density at radius 3 is 2.48 bits per heavy atom. The van der Waals surface area contributed by atoms with Gasteiger partial charge in [-0.1, -0.05) is 49.2 Å². The van der Waals surface area contributed by atoms with Crippen LogP contribution in [0.5, 0.6) is 0 Å². The third-order valence-corrected chi connectivity index (χ3v) is 7.39. The summed E-state index contributed by atoms with van der Waals surface area (Å²) in [5.41, 5.74) is 1.94. The van der Waals surface area contributed by atoms with E-state index in [1.807, 2.05) is 52.7 Å². The number of thiophene rings is 1. The van der Waals surface area contributed by atoms with Crippen molar-refractivity contribution in [1.82, 2.24) is 15.2 Å². The molecular weight excluding hydrogens is 426 g/mol. The minimum absolute atomic E-state index is 0.0651.